The Bertz CT molecular complexity index is 776. The maximum atomic E-state index is 12.5. The number of carbonyl (C=O) groups is 2. The molecule has 0 radical (unpaired) electrons. The van der Waals surface area contributed by atoms with Crippen molar-refractivity contribution in [1.29, 1.82) is 0 Å². The lowest BCUT2D eigenvalue weighted by Crippen LogP contribution is -2.32. The predicted molar refractivity (Wildman–Crippen MR) is 105 cm³/mol. The van der Waals surface area contributed by atoms with Crippen LogP contribution in [0.4, 0.5) is 5.69 Å². The van der Waals surface area contributed by atoms with Gasteiger partial charge in [-0.15, -0.1) is 0 Å². The summed E-state index contributed by atoms with van der Waals surface area (Å²) in [5.74, 6) is 0.0622. The molecule has 2 rings (SSSR count). The third-order valence-corrected chi connectivity index (χ3v) is 3.91. The molecular weight excluding hydrogens is 344 g/mol. The Kier molecular flexibility index (Phi) is 7.82. The molecule has 144 valence electrons. The predicted octanol–water partition coefficient (Wildman–Crippen LogP) is 3.17. The maximum absolute atomic E-state index is 12.5. The van der Waals surface area contributed by atoms with Crippen molar-refractivity contribution < 1.29 is 19.1 Å². The van der Waals surface area contributed by atoms with E-state index >= 15 is 0 Å². The molecule has 0 heterocycles. The quantitative estimate of drug-likeness (QED) is 0.665. The van der Waals surface area contributed by atoms with Gasteiger partial charge < -0.3 is 20.1 Å². The zero-order valence-electron chi connectivity index (χ0n) is 16.0. The molecule has 1 atom stereocenters. The first-order chi connectivity index (χ1) is 13.0. The Morgan fingerprint density at radius 1 is 1.11 bits per heavy atom. The molecule has 0 spiro atoms. The van der Waals surface area contributed by atoms with Crippen LogP contribution in [0, 0.1) is 6.92 Å². The van der Waals surface area contributed by atoms with Gasteiger partial charge >= 0.3 is 0 Å². The lowest BCUT2D eigenvalue weighted by Gasteiger charge is -2.16. The number of nitrogens with one attached hydrogen (secondary N) is 2. The highest BCUT2D eigenvalue weighted by atomic mass is 16.5. The largest absolute Gasteiger partial charge is 0.481 e. The van der Waals surface area contributed by atoms with Gasteiger partial charge in [0, 0.05) is 20.3 Å². The maximum Gasteiger partial charge on any atom is 0.265 e. The summed E-state index contributed by atoms with van der Waals surface area (Å²) in [6, 6.07) is 14.4. The minimum absolute atomic E-state index is 0.241. The van der Waals surface area contributed by atoms with Crippen molar-refractivity contribution in [2.75, 3.05) is 25.6 Å². The minimum Gasteiger partial charge on any atom is -0.481 e. The van der Waals surface area contributed by atoms with Crippen LogP contribution in [0.2, 0.25) is 0 Å². The van der Waals surface area contributed by atoms with Crippen LogP contribution in [0.25, 0.3) is 0 Å². The molecular formula is C21H26N2O4. The molecule has 0 fully saturated rings. The molecule has 0 aliphatic heterocycles. The fraction of sp³-hybridized carbons (Fsp3) is 0.333. The van der Waals surface area contributed by atoms with Gasteiger partial charge in [-0.1, -0.05) is 24.3 Å². The number of methoxy groups -OCH3 is 1. The Morgan fingerprint density at radius 2 is 1.89 bits per heavy atom. The molecule has 0 saturated carbocycles. The first kappa shape index (κ1) is 20.5. The molecule has 0 aromatic heterocycles. The van der Waals surface area contributed by atoms with Gasteiger partial charge in [0.2, 0.25) is 0 Å². The third kappa shape index (κ3) is 6.42. The van der Waals surface area contributed by atoms with Crippen molar-refractivity contribution in [1.82, 2.24) is 5.32 Å². The summed E-state index contributed by atoms with van der Waals surface area (Å²) in [6.45, 7) is 4.71. The van der Waals surface area contributed by atoms with E-state index in [1.54, 1.807) is 44.4 Å². The second-order valence-electron chi connectivity index (χ2n) is 6.21. The minimum atomic E-state index is -0.704. The summed E-state index contributed by atoms with van der Waals surface area (Å²) in [4.78, 5) is 24.9. The van der Waals surface area contributed by atoms with Gasteiger partial charge in [-0.25, -0.2) is 0 Å². The Morgan fingerprint density at radius 3 is 2.63 bits per heavy atom. The topological polar surface area (TPSA) is 76.7 Å². The van der Waals surface area contributed by atoms with Crippen molar-refractivity contribution >= 4 is 17.5 Å². The van der Waals surface area contributed by atoms with E-state index < -0.39 is 6.10 Å². The van der Waals surface area contributed by atoms with E-state index in [4.69, 9.17) is 9.47 Å². The second kappa shape index (κ2) is 10.3. The van der Waals surface area contributed by atoms with E-state index in [9.17, 15) is 9.59 Å². The highest BCUT2D eigenvalue weighted by Crippen LogP contribution is 2.18. The van der Waals surface area contributed by atoms with Gasteiger partial charge in [0.05, 0.1) is 11.3 Å². The Labute approximate surface area is 159 Å². The summed E-state index contributed by atoms with van der Waals surface area (Å²) >= 11 is 0. The van der Waals surface area contributed by atoms with E-state index in [1.807, 2.05) is 25.1 Å². The van der Waals surface area contributed by atoms with Crippen molar-refractivity contribution in [2.45, 2.75) is 26.4 Å². The Hall–Kier alpha value is -2.86. The molecule has 0 aliphatic carbocycles. The number of rotatable bonds is 9. The molecule has 1 unspecified atom stereocenters. The number of carbonyl (C=O) groups excluding carboxylic acids is 2. The first-order valence-electron chi connectivity index (χ1n) is 8.91. The van der Waals surface area contributed by atoms with Crippen molar-refractivity contribution in [3.63, 3.8) is 0 Å². The van der Waals surface area contributed by atoms with E-state index in [2.05, 4.69) is 10.6 Å². The van der Waals surface area contributed by atoms with Gasteiger partial charge in [-0.3, -0.25) is 9.59 Å². The first-order valence-corrected chi connectivity index (χ1v) is 8.91. The van der Waals surface area contributed by atoms with Gasteiger partial charge in [0.15, 0.2) is 6.10 Å². The molecule has 2 aromatic carbocycles. The van der Waals surface area contributed by atoms with Gasteiger partial charge in [0.25, 0.3) is 11.8 Å². The van der Waals surface area contributed by atoms with Crippen LogP contribution in [-0.4, -0.2) is 38.2 Å². The van der Waals surface area contributed by atoms with Crippen LogP contribution < -0.4 is 15.4 Å². The number of benzene rings is 2. The number of aryl methyl sites for hydroxylation is 1. The monoisotopic (exact) mass is 370 g/mol. The third-order valence-electron chi connectivity index (χ3n) is 3.91. The number of amides is 2. The highest BCUT2D eigenvalue weighted by molar-refractivity contribution is 6.04. The van der Waals surface area contributed by atoms with Gasteiger partial charge in [0.1, 0.15) is 5.75 Å². The van der Waals surface area contributed by atoms with Crippen LogP contribution >= 0.6 is 0 Å². The number of anilines is 1. The smallest absolute Gasteiger partial charge is 0.265 e. The lowest BCUT2D eigenvalue weighted by atomic mass is 10.1. The highest BCUT2D eigenvalue weighted by Gasteiger charge is 2.18. The van der Waals surface area contributed by atoms with E-state index in [0.29, 0.717) is 30.2 Å². The van der Waals surface area contributed by atoms with E-state index in [-0.39, 0.29) is 11.8 Å². The molecule has 0 aliphatic rings. The van der Waals surface area contributed by atoms with Crippen molar-refractivity contribution in [2.24, 2.45) is 0 Å². The summed E-state index contributed by atoms with van der Waals surface area (Å²) in [5, 5.41) is 5.60. The molecule has 2 N–H and O–H groups in total. The summed E-state index contributed by atoms with van der Waals surface area (Å²) < 4.78 is 10.7. The number of hydrogen-bond donors (Lipinski definition) is 2. The number of ether oxygens (including phenoxy) is 2. The van der Waals surface area contributed by atoms with Crippen molar-refractivity contribution in [3.05, 3.63) is 59.7 Å². The van der Waals surface area contributed by atoms with Gasteiger partial charge in [-0.2, -0.15) is 0 Å². The molecule has 6 heteroatoms. The number of para-hydroxylation sites is 1. The molecule has 2 aromatic rings. The fourth-order valence-corrected chi connectivity index (χ4v) is 2.48. The Balaban J connectivity index is 1.99. The van der Waals surface area contributed by atoms with Crippen LogP contribution in [0.3, 0.4) is 0 Å². The zero-order chi connectivity index (χ0) is 19.6. The summed E-state index contributed by atoms with van der Waals surface area (Å²) in [5.41, 5.74) is 1.91. The zero-order valence-corrected chi connectivity index (χ0v) is 16.0. The lowest BCUT2D eigenvalue weighted by molar-refractivity contribution is -0.122. The SMILES string of the molecule is COCCCNC(=O)c1ccccc1NC(=O)C(C)Oc1cccc(C)c1. The number of hydrogen-bond acceptors (Lipinski definition) is 4. The van der Waals surface area contributed by atoms with Crippen LogP contribution in [-0.2, 0) is 9.53 Å². The standard InChI is InChI=1S/C21H26N2O4/c1-15-8-6-9-17(14-15)27-16(2)20(24)23-19-11-5-4-10-18(19)21(25)22-12-7-13-26-3/h4-6,8-11,14,16H,7,12-13H2,1-3H3,(H,22,25)(H,23,24). The summed E-state index contributed by atoms with van der Waals surface area (Å²) in [6.07, 6.45) is 0.0163. The van der Waals surface area contributed by atoms with Crippen molar-refractivity contribution in [3.8, 4) is 5.75 Å². The average Bonchev–Trinajstić information content (AvgIpc) is 2.65. The van der Waals surface area contributed by atoms with Crippen LogP contribution in [0.5, 0.6) is 5.75 Å². The van der Waals surface area contributed by atoms with E-state index in [0.717, 1.165) is 12.0 Å². The normalized spacial score (nSPS) is 11.5. The summed E-state index contributed by atoms with van der Waals surface area (Å²) in [7, 11) is 1.62. The molecule has 6 nitrogen and oxygen atoms in total. The van der Waals surface area contributed by atoms with E-state index in [1.165, 1.54) is 0 Å². The average molecular weight is 370 g/mol. The van der Waals surface area contributed by atoms with Crippen LogP contribution in [0.1, 0.15) is 29.3 Å². The van der Waals surface area contributed by atoms with Gasteiger partial charge in [-0.05, 0) is 50.1 Å². The van der Waals surface area contributed by atoms with Crippen LogP contribution in [0.15, 0.2) is 48.5 Å². The molecule has 2 amide bonds. The molecule has 0 saturated heterocycles. The fourth-order valence-electron chi connectivity index (χ4n) is 2.48. The second-order valence-corrected chi connectivity index (χ2v) is 6.21. The molecule has 27 heavy (non-hydrogen) atoms. The molecule has 0 bridgehead atoms.